The third-order valence-corrected chi connectivity index (χ3v) is 5.84. The largest absolute Gasteiger partial charge is 0.391 e. The van der Waals surface area contributed by atoms with Gasteiger partial charge < -0.3 is 10.5 Å². The molecule has 0 aliphatic carbocycles. The Morgan fingerprint density at radius 1 is 1.03 bits per heavy atom. The Labute approximate surface area is 180 Å². The molecule has 0 spiro atoms. The summed E-state index contributed by atoms with van der Waals surface area (Å²) < 4.78 is 14.4. The number of anilines is 2. The van der Waals surface area contributed by atoms with Gasteiger partial charge in [-0.1, -0.05) is 62.2 Å². The molecule has 2 aliphatic heterocycles. The lowest BCUT2D eigenvalue weighted by atomic mass is 9.91. The number of benzene rings is 2. The number of amides is 2. The van der Waals surface area contributed by atoms with Crippen LogP contribution in [0.5, 0.6) is 0 Å². The molecular formula is C24H26FN3O3. The molecule has 1 fully saturated rings. The normalized spacial score (nSPS) is 24.4. The number of hydrogen-bond donors (Lipinski definition) is 2. The number of aliphatic hydroxyl groups excluding tert-OH is 1. The number of hydrazine groups is 1. The van der Waals surface area contributed by atoms with E-state index in [1.165, 1.54) is 11.0 Å². The lowest BCUT2D eigenvalue weighted by Gasteiger charge is -2.40. The minimum absolute atomic E-state index is 0.183. The maximum absolute atomic E-state index is 14.4. The standard InChI is InChI=1S/C24H26FN3O3/c1-2-3-13-21(29)20-15-14-17-22(28(20)26-19-12-8-7-11-18(19)25)24(31)27(23(17)30)16-9-5-4-6-10-16/h4-12,14-15,17,20-22,26,29H,2-3,13H2,1H3. The van der Waals surface area contributed by atoms with Crippen molar-refractivity contribution in [3.8, 4) is 0 Å². The number of fused-ring (bicyclic) bond motifs is 1. The summed E-state index contributed by atoms with van der Waals surface area (Å²) in [6.45, 7) is 2.03. The maximum atomic E-state index is 14.4. The Balaban J connectivity index is 1.71. The molecule has 4 atom stereocenters. The van der Waals surface area contributed by atoms with Crippen molar-refractivity contribution in [2.45, 2.75) is 44.4 Å². The first-order valence-electron chi connectivity index (χ1n) is 10.6. The van der Waals surface area contributed by atoms with Crippen LogP contribution < -0.4 is 10.3 Å². The van der Waals surface area contributed by atoms with E-state index in [0.29, 0.717) is 12.1 Å². The highest BCUT2D eigenvalue weighted by molar-refractivity contribution is 6.24. The number of unbranched alkanes of at least 4 members (excludes halogenated alkanes) is 1. The highest BCUT2D eigenvalue weighted by Crippen LogP contribution is 2.36. The van der Waals surface area contributed by atoms with Crippen LogP contribution in [0.4, 0.5) is 15.8 Å². The molecule has 4 rings (SSSR count). The van der Waals surface area contributed by atoms with E-state index in [9.17, 15) is 19.1 Å². The van der Waals surface area contributed by atoms with Crippen molar-refractivity contribution >= 4 is 23.2 Å². The zero-order valence-electron chi connectivity index (χ0n) is 17.3. The third-order valence-electron chi connectivity index (χ3n) is 5.84. The number of halogens is 1. The molecule has 6 nitrogen and oxygen atoms in total. The zero-order chi connectivity index (χ0) is 22.0. The first kappa shape index (κ1) is 21.2. The minimum Gasteiger partial charge on any atom is -0.391 e. The number of carbonyl (C=O) groups is 2. The lowest BCUT2D eigenvalue weighted by molar-refractivity contribution is -0.123. The van der Waals surface area contributed by atoms with Crippen LogP contribution in [0.25, 0.3) is 0 Å². The van der Waals surface area contributed by atoms with Crippen LogP contribution in [-0.4, -0.2) is 40.1 Å². The van der Waals surface area contributed by atoms with Gasteiger partial charge in [0.25, 0.3) is 5.91 Å². The molecule has 162 valence electrons. The number of rotatable bonds is 7. The number of carbonyl (C=O) groups excluding carboxylic acids is 2. The number of nitrogens with zero attached hydrogens (tertiary/aromatic N) is 2. The summed E-state index contributed by atoms with van der Waals surface area (Å²) in [5.41, 5.74) is 3.68. The smallest absolute Gasteiger partial charge is 0.254 e. The van der Waals surface area contributed by atoms with Crippen LogP contribution in [0, 0.1) is 11.7 Å². The molecule has 31 heavy (non-hydrogen) atoms. The highest BCUT2D eigenvalue weighted by atomic mass is 19.1. The van der Waals surface area contributed by atoms with Crippen LogP contribution in [0.3, 0.4) is 0 Å². The fourth-order valence-corrected chi connectivity index (χ4v) is 4.23. The van der Waals surface area contributed by atoms with E-state index >= 15 is 0 Å². The van der Waals surface area contributed by atoms with Crippen molar-refractivity contribution in [1.82, 2.24) is 5.01 Å². The highest BCUT2D eigenvalue weighted by Gasteiger charge is 2.54. The van der Waals surface area contributed by atoms with Gasteiger partial charge in [0, 0.05) is 0 Å². The monoisotopic (exact) mass is 423 g/mol. The van der Waals surface area contributed by atoms with Gasteiger partial charge in [-0.05, 0) is 30.7 Å². The molecule has 2 amide bonds. The summed E-state index contributed by atoms with van der Waals surface area (Å²) in [7, 11) is 0. The van der Waals surface area contributed by atoms with Gasteiger partial charge in [0.15, 0.2) is 0 Å². The molecule has 7 heteroatoms. The number of para-hydroxylation sites is 2. The van der Waals surface area contributed by atoms with Crippen molar-refractivity contribution in [1.29, 1.82) is 0 Å². The summed E-state index contributed by atoms with van der Waals surface area (Å²) in [4.78, 5) is 27.7. The number of hydrogen-bond acceptors (Lipinski definition) is 5. The van der Waals surface area contributed by atoms with E-state index in [1.54, 1.807) is 59.6 Å². The second-order valence-corrected chi connectivity index (χ2v) is 7.90. The van der Waals surface area contributed by atoms with Crippen molar-refractivity contribution in [2.75, 3.05) is 10.3 Å². The summed E-state index contributed by atoms with van der Waals surface area (Å²) in [5, 5.41) is 12.4. The molecule has 0 bridgehead atoms. The van der Waals surface area contributed by atoms with E-state index in [0.717, 1.165) is 12.8 Å². The molecule has 0 radical (unpaired) electrons. The fraction of sp³-hybridized carbons (Fsp3) is 0.333. The molecular weight excluding hydrogens is 397 g/mol. The zero-order valence-corrected chi connectivity index (χ0v) is 17.3. The number of imide groups is 1. The molecule has 2 N–H and O–H groups in total. The fourth-order valence-electron chi connectivity index (χ4n) is 4.23. The summed E-state index contributed by atoms with van der Waals surface area (Å²) in [5.74, 6) is -1.94. The van der Waals surface area contributed by atoms with E-state index < -0.39 is 35.8 Å². The SMILES string of the molecule is CCCCC(O)C1C=CC2C(=O)N(c3ccccc3)C(=O)C2N1Nc1ccccc1F. The van der Waals surface area contributed by atoms with Crippen molar-refractivity contribution in [3.63, 3.8) is 0 Å². The van der Waals surface area contributed by atoms with Gasteiger partial charge in [0.2, 0.25) is 5.91 Å². The van der Waals surface area contributed by atoms with E-state index in [4.69, 9.17) is 0 Å². The van der Waals surface area contributed by atoms with E-state index in [2.05, 4.69) is 5.43 Å². The van der Waals surface area contributed by atoms with Gasteiger partial charge in [-0.15, -0.1) is 0 Å². The predicted molar refractivity (Wildman–Crippen MR) is 117 cm³/mol. The Morgan fingerprint density at radius 2 is 1.74 bits per heavy atom. The molecule has 2 aromatic rings. The maximum Gasteiger partial charge on any atom is 0.254 e. The topological polar surface area (TPSA) is 72.9 Å². The molecule has 2 heterocycles. The average molecular weight is 423 g/mol. The molecule has 2 aliphatic rings. The Morgan fingerprint density at radius 3 is 2.45 bits per heavy atom. The lowest BCUT2D eigenvalue weighted by Crippen LogP contribution is -2.57. The van der Waals surface area contributed by atoms with Gasteiger partial charge in [-0.3, -0.25) is 9.59 Å². The van der Waals surface area contributed by atoms with Crippen molar-refractivity contribution < 1.29 is 19.1 Å². The Hall–Kier alpha value is -3.03. The predicted octanol–water partition coefficient (Wildman–Crippen LogP) is 3.50. The second kappa shape index (κ2) is 8.99. The van der Waals surface area contributed by atoms with Crippen LogP contribution in [0.15, 0.2) is 66.7 Å². The summed E-state index contributed by atoms with van der Waals surface area (Å²) in [6, 6.07) is 13.4. The molecule has 4 unspecified atom stereocenters. The molecule has 0 saturated carbocycles. The van der Waals surface area contributed by atoms with Crippen LogP contribution in [0.2, 0.25) is 0 Å². The first-order valence-corrected chi connectivity index (χ1v) is 10.6. The quantitative estimate of drug-likeness (QED) is 0.527. The van der Waals surface area contributed by atoms with Crippen LogP contribution in [-0.2, 0) is 9.59 Å². The minimum atomic E-state index is -0.890. The van der Waals surface area contributed by atoms with E-state index in [-0.39, 0.29) is 11.6 Å². The van der Waals surface area contributed by atoms with Crippen molar-refractivity contribution in [2.24, 2.45) is 5.92 Å². The van der Waals surface area contributed by atoms with Gasteiger partial charge in [-0.2, -0.15) is 0 Å². The van der Waals surface area contributed by atoms with Gasteiger partial charge >= 0.3 is 0 Å². The Kier molecular flexibility index (Phi) is 6.15. The average Bonchev–Trinajstić information content (AvgIpc) is 3.04. The summed E-state index contributed by atoms with van der Waals surface area (Å²) in [6.07, 6.45) is 4.94. The molecule has 1 saturated heterocycles. The summed E-state index contributed by atoms with van der Waals surface area (Å²) >= 11 is 0. The first-order chi connectivity index (χ1) is 15.0. The van der Waals surface area contributed by atoms with Gasteiger partial charge in [0.1, 0.15) is 11.9 Å². The third kappa shape index (κ3) is 3.98. The van der Waals surface area contributed by atoms with E-state index in [1.807, 2.05) is 13.0 Å². The molecule has 0 aromatic heterocycles. The van der Waals surface area contributed by atoms with Crippen LogP contribution in [0.1, 0.15) is 26.2 Å². The molecule has 2 aromatic carbocycles. The Bertz CT molecular complexity index is 981. The van der Waals surface area contributed by atoms with Gasteiger partial charge in [0.05, 0.1) is 29.4 Å². The van der Waals surface area contributed by atoms with Crippen molar-refractivity contribution in [3.05, 3.63) is 72.6 Å². The number of aliphatic hydroxyl groups is 1. The van der Waals surface area contributed by atoms with Gasteiger partial charge in [-0.25, -0.2) is 14.3 Å². The van der Waals surface area contributed by atoms with Crippen LogP contribution >= 0.6 is 0 Å². The number of nitrogens with one attached hydrogen (secondary N) is 1. The second-order valence-electron chi connectivity index (χ2n) is 7.90.